The average molecular weight is 231 g/mol. The van der Waals surface area contributed by atoms with Gasteiger partial charge in [0.25, 0.3) is 0 Å². The number of ether oxygens (including phenoxy) is 2. The molecule has 0 spiro atoms. The minimum absolute atomic E-state index is 0.215. The summed E-state index contributed by atoms with van der Waals surface area (Å²) in [5.41, 5.74) is -0.295. The molecule has 1 N–H and O–H groups in total. The van der Waals surface area contributed by atoms with Crippen LogP contribution in [0.4, 0.5) is 0 Å². The Morgan fingerprint density at radius 2 is 2.12 bits per heavy atom. The highest BCUT2D eigenvalue weighted by molar-refractivity contribution is 5.68. The van der Waals surface area contributed by atoms with Crippen LogP contribution in [0.3, 0.4) is 0 Å². The smallest absolute Gasteiger partial charge is 0.329 e. The number of rotatable bonds is 7. The number of nitrogens with zero attached hydrogens (tertiary/aromatic N) is 1. The summed E-state index contributed by atoms with van der Waals surface area (Å²) in [5, 5.41) is 8.51. The second-order valence-electron chi connectivity index (χ2n) is 4.76. The molecule has 0 radical (unpaired) electrons. The predicted molar refractivity (Wildman–Crippen MR) is 59.5 cm³/mol. The zero-order valence-corrected chi connectivity index (χ0v) is 10.2. The molecule has 16 heavy (non-hydrogen) atoms. The fraction of sp³-hybridized carbons (Fsp3) is 0.909. The maximum atomic E-state index is 10.4. The van der Waals surface area contributed by atoms with Crippen LogP contribution in [0.2, 0.25) is 0 Å². The third kappa shape index (κ3) is 4.47. The first-order valence-electron chi connectivity index (χ1n) is 5.61. The average Bonchev–Trinajstić information content (AvgIpc) is 2.11. The lowest BCUT2D eigenvalue weighted by atomic mass is 9.96. The van der Waals surface area contributed by atoms with Crippen LogP contribution in [0.5, 0.6) is 0 Å². The van der Waals surface area contributed by atoms with E-state index < -0.39 is 5.97 Å². The minimum atomic E-state index is -0.914. The highest BCUT2D eigenvalue weighted by atomic mass is 16.5. The molecule has 0 saturated carbocycles. The molecular weight excluding hydrogens is 210 g/mol. The second kappa shape index (κ2) is 5.61. The monoisotopic (exact) mass is 231 g/mol. The number of aliphatic carboxylic acids is 1. The van der Waals surface area contributed by atoms with Crippen molar-refractivity contribution in [3.63, 3.8) is 0 Å². The predicted octanol–water partition coefficient (Wildman–Crippen LogP) is 0.587. The van der Waals surface area contributed by atoms with Gasteiger partial charge in [-0.3, -0.25) is 4.90 Å². The van der Waals surface area contributed by atoms with Gasteiger partial charge < -0.3 is 14.6 Å². The Bertz CT molecular complexity index is 236. The summed E-state index contributed by atoms with van der Waals surface area (Å²) >= 11 is 0. The van der Waals surface area contributed by atoms with Gasteiger partial charge in [-0.05, 0) is 20.8 Å². The fourth-order valence-electron chi connectivity index (χ4n) is 1.80. The van der Waals surface area contributed by atoms with Crippen LogP contribution in [0, 0.1) is 0 Å². The molecule has 0 amide bonds. The van der Waals surface area contributed by atoms with E-state index in [-0.39, 0.29) is 18.3 Å². The molecule has 5 nitrogen and oxygen atoms in total. The van der Waals surface area contributed by atoms with E-state index in [0.717, 1.165) is 19.6 Å². The lowest BCUT2D eigenvalue weighted by Crippen LogP contribution is -2.62. The molecule has 1 heterocycles. The summed E-state index contributed by atoms with van der Waals surface area (Å²) < 4.78 is 10.7. The van der Waals surface area contributed by atoms with Crippen molar-refractivity contribution in [3.8, 4) is 0 Å². The summed E-state index contributed by atoms with van der Waals surface area (Å²) in [6.45, 7) is 8.90. The van der Waals surface area contributed by atoms with Crippen molar-refractivity contribution < 1.29 is 19.4 Å². The molecule has 94 valence electrons. The Morgan fingerprint density at radius 3 is 2.62 bits per heavy atom. The van der Waals surface area contributed by atoms with Crippen molar-refractivity contribution >= 4 is 5.97 Å². The van der Waals surface area contributed by atoms with Gasteiger partial charge in [0.05, 0.1) is 18.3 Å². The highest BCUT2D eigenvalue weighted by Gasteiger charge is 2.39. The van der Waals surface area contributed by atoms with E-state index in [9.17, 15) is 4.79 Å². The summed E-state index contributed by atoms with van der Waals surface area (Å²) in [4.78, 5) is 12.6. The van der Waals surface area contributed by atoms with Crippen LogP contribution < -0.4 is 0 Å². The third-order valence-corrected chi connectivity index (χ3v) is 2.52. The van der Waals surface area contributed by atoms with Gasteiger partial charge >= 0.3 is 5.97 Å². The Balaban J connectivity index is 2.09. The van der Waals surface area contributed by atoms with E-state index in [1.54, 1.807) is 0 Å². The number of carboxylic acids is 1. The molecule has 1 aliphatic rings. The van der Waals surface area contributed by atoms with Crippen molar-refractivity contribution in [2.45, 2.75) is 32.5 Å². The van der Waals surface area contributed by atoms with Crippen molar-refractivity contribution in [2.24, 2.45) is 0 Å². The lowest BCUT2D eigenvalue weighted by molar-refractivity contribution is -0.166. The van der Waals surface area contributed by atoms with Crippen molar-refractivity contribution in [3.05, 3.63) is 0 Å². The number of hydrogen-bond acceptors (Lipinski definition) is 4. The Labute approximate surface area is 96.3 Å². The van der Waals surface area contributed by atoms with E-state index in [4.69, 9.17) is 14.6 Å². The molecule has 0 aliphatic carbocycles. The van der Waals surface area contributed by atoms with Gasteiger partial charge in [0.15, 0.2) is 0 Å². The Morgan fingerprint density at radius 1 is 1.50 bits per heavy atom. The fourth-order valence-corrected chi connectivity index (χ4v) is 1.80. The van der Waals surface area contributed by atoms with E-state index >= 15 is 0 Å². The molecule has 0 aromatic heterocycles. The van der Waals surface area contributed by atoms with Gasteiger partial charge in [0, 0.05) is 19.6 Å². The molecule has 0 unspecified atom stereocenters. The van der Waals surface area contributed by atoms with Gasteiger partial charge in [-0.2, -0.15) is 0 Å². The van der Waals surface area contributed by atoms with Crippen LogP contribution in [0.25, 0.3) is 0 Å². The number of carbonyl (C=O) groups is 1. The number of carboxylic acid groups (broad SMARTS) is 1. The summed E-state index contributed by atoms with van der Waals surface area (Å²) in [6, 6.07) is 0. The van der Waals surface area contributed by atoms with Gasteiger partial charge in [-0.15, -0.1) is 0 Å². The first kappa shape index (κ1) is 13.4. The molecule has 1 saturated heterocycles. The van der Waals surface area contributed by atoms with Gasteiger partial charge in [0.2, 0.25) is 0 Å². The molecule has 0 atom stereocenters. The number of likely N-dealkylation sites (tertiary alicyclic amines) is 1. The zero-order valence-electron chi connectivity index (χ0n) is 10.2. The molecule has 1 aliphatic heterocycles. The van der Waals surface area contributed by atoms with Gasteiger partial charge in [-0.25, -0.2) is 4.79 Å². The highest BCUT2D eigenvalue weighted by Crippen LogP contribution is 2.23. The van der Waals surface area contributed by atoms with Crippen LogP contribution in [-0.2, 0) is 14.3 Å². The SMILES string of the molecule is CC(C)OCCN1CC(C)(OCC(=O)O)C1. The minimum Gasteiger partial charge on any atom is -0.480 e. The largest absolute Gasteiger partial charge is 0.480 e. The third-order valence-electron chi connectivity index (χ3n) is 2.52. The molecule has 0 aromatic rings. The molecule has 0 aromatic carbocycles. The Kier molecular flexibility index (Phi) is 4.70. The van der Waals surface area contributed by atoms with E-state index in [1.807, 2.05) is 20.8 Å². The number of hydrogen-bond donors (Lipinski definition) is 1. The Hall–Kier alpha value is -0.650. The van der Waals surface area contributed by atoms with Gasteiger partial charge in [-0.1, -0.05) is 0 Å². The molecule has 5 heteroatoms. The second-order valence-corrected chi connectivity index (χ2v) is 4.76. The molecule has 0 bridgehead atoms. The normalized spacial score (nSPS) is 19.8. The van der Waals surface area contributed by atoms with E-state index in [0.29, 0.717) is 6.61 Å². The van der Waals surface area contributed by atoms with Crippen molar-refractivity contribution in [1.82, 2.24) is 4.90 Å². The van der Waals surface area contributed by atoms with Crippen LogP contribution in [0.15, 0.2) is 0 Å². The quantitative estimate of drug-likeness (QED) is 0.695. The van der Waals surface area contributed by atoms with Gasteiger partial charge in [0.1, 0.15) is 6.61 Å². The van der Waals surface area contributed by atoms with Crippen molar-refractivity contribution in [2.75, 3.05) is 32.8 Å². The summed E-state index contributed by atoms with van der Waals surface area (Å²) in [7, 11) is 0. The summed E-state index contributed by atoms with van der Waals surface area (Å²) in [6.07, 6.45) is 0.260. The maximum Gasteiger partial charge on any atom is 0.329 e. The topological polar surface area (TPSA) is 59.0 Å². The van der Waals surface area contributed by atoms with Crippen molar-refractivity contribution in [1.29, 1.82) is 0 Å². The molecular formula is C11H21NO4. The lowest BCUT2D eigenvalue weighted by Gasteiger charge is -2.47. The van der Waals surface area contributed by atoms with Crippen LogP contribution in [-0.4, -0.2) is 60.5 Å². The standard InChI is InChI=1S/C11H21NO4/c1-9(2)15-5-4-12-7-11(3,8-12)16-6-10(13)14/h9H,4-8H2,1-3H3,(H,13,14). The zero-order chi connectivity index (χ0) is 12.2. The molecule has 1 fully saturated rings. The summed E-state index contributed by atoms with van der Waals surface area (Å²) in [5.74, 6) is -0.914. The first-order valence-corrected chi connectivity index (χ1v) is 5.61. The van der Waals surface area contributed by atoms with E-state index in [1.165, 1.54) is 0 Å². The van der Waals surface area contributed by atoms with Crippen LogP contribution in [0.1, 0.15) is 20.8 Å². The molecule has 1 rings (SSSR count). The van der Waals surface area contributed by atoms with Crippen LogP contribution >= 0.6 is 0 Å². The van der Waals surface area contributed by atoms with E-state index in [2.05, 4.69) is 4.90 Å². The maximum absolute atomic E-state index is 10.4. The first-order chi connectivity index (χ1) is 7.41.